The molecule has 5 rings (SSSR count). The first-order valence-electron chi connectivity index (χ1n) is 13.6. The molecule has 10 heteroatoms. The van der Waals surface area contributed by atoms with Crippen LogP contribution in [-0.2, 0) is 11.2 Å². The molecule has 0 amide bonds. The quantitative estimate of drug-likeness (QED) is 0.365. The molecule has 2 N–H and O–H groups in total. The number of carboxylic acids is 1. The van der Waals surface area contributed by atoms with Gasteiger partial charge in [0.05, 0.1) is 17.2 Å². The molecule has 1 saturated carbocycles. The minimum absolute atomic E-state index is 0.114. The Bertz CT molecular complexity index is 1200. The predicted octanol–water partition coefficient (Wildman–Crippen LogP) is 6.57. The average Bonchev–Trinajstić information content (AvgIpc) is 2.82. The molecule has 3 fully saturated rings. The predicted molar refractivity (Wildman–Crippen MR) is 154 cm³/mol. The van der Waals surface area contributed by atoms with Gasteiger partial charge in [-0.1, -0.05) is 47.8 Å². The van der Waals surface area contributed by atoms with Crippen LogP contribution in [0, 0.1) is 17.3 Å². The zero-order chi connectivity index (χ0) is 27.2. The van der Waals surface area contributed by atoms with E-state index in [4.69, 9.17) is 44.8 Å². The van der Waals surface area contributed by atoms with Gasteiger partial charge in [0, 0.05) is 35.7 Å². The molecule has 7 nitrogen and oxygen atoms in total. The number of nitrogens with zero attached hydrogens (tertiary/aromatic N) is 4. The highest BCUT2D eigenvalue weighted by Crippen LogP contribution is 2.45. The molecule has 1 aliphatic carbocycles. The zero-order valence-corrected chi connectivity index (χ0v) is 24.5. The summed E-state index contributed by atoms with van der Waals surface area (Å²) in [6.07, 6.45) is 4.65. The molecule has 2 aromatic rings. The second-order valence-corrected chi connectivity index (χ2v) is 12.7. The molecule has 3 aliphatic rings. The number of hydrogen-bond acceptors (Lipinski definition) is 6. The Labute approximate surface area is 239 Å². The molecule has 0 radical (unpaired) electrons. The van der Waals surface area contributed by atoms with Crippen LogP contribution in [0.25, 0.3) is 0 Å². The third-order valence-corrected chi connectivity index (χ3v) is 9.74. The van der Waals surface area contributed by atoms with Crippen molar-refractivity contribution in [1.29, 1.82) is 0 Å². The molecule has 2 saturated heterocycles. The van der Waals surface area contributed by atoms with E-state index in [2.05, 4.69) is 15.1 Å². The number of rotatable bonds is 8. The van der Waals surface area contributed by atoms with Crippen LogP contribution < -0.4 is 10.2 Å². The van der Waals surface area contributed by atoms with Crippen molar-refractivity contribution in [3.8, 4) is 0 Å². The summed E-state index contributed by atoms with van der Waals surface area (Å²) >= 11 is 19.2. The van der Waals surface area contributed by atoms with Crippen molar-refractivity contribution < 1.29 is 9.90 Å². The largest absolute Gasteiger partial charge is 0.481 e. The number of halogens is 3. The number of aromatic nitrogens is 2. The third-order valence-electron chi connectivity index (χ3n) is 8.78. The molecule has 1 aromatic heterocycles. The lowest BCUT2D eigenvalue weighted by Gasteiger charge is -2.52. The molecule has 2 aliphatic heterocycles. The van der Waals surface area contributed by atoms with E-state index < -0.39 is 11.4 Å². The Hall–Kier alpha value is -1.80. The molecular weight excluding hydrogens is 545 g/mol. The van der Waals surface area contributed by atoms with Gasteiger partial charge in [0.1, 0.15) is 5.02 Å². The minimum atomic E-state index is -0.661. The fourth-order valence-electron chi connectivity index (χ4n) is 6.23. The normalized spacial score (nSPS) is 26.9. The Kier molecular flexibility index (Phi) is 8.03. The van der Waals surface area contributed by atoms with E-state index in [1.54, 1.807) is 6.07 Å². The van der Waals surface area contributed by atoms with Crippen molar-refractivity contribution in [2.24, 2.45) is 17.3 Å². The number of benzene rings is 1. The summed E-state index contributed by atoms with van der Waals surface area (Å²) < 4.78 is 0. The summed E-state index contributed by atoms with van der Waals surface area (Å²) in [5, 5.41) is 14.7. The highest BCUT2D eigenvalue weighted by molar-refractivity contribution is 6.35. The number of carbonyl (C=O) groups is 1. The average molecular weight is 581 g/mol. The number of carboxylic acid groups (broad SMARTS) is 1. The maximum absolute atomic E-state index is 11.5. The van der Waals surface area contributed by atoms with Gasteiger partial charge in [0.15, 0.2) is 5.82 Å². The molecule has 0 spiro atoms. The molecule has 2 atom stereocenters. The number of likely N-dealkylation sites (tertiary alicyclic amines) is 1. The lowest BCUT2D eigenvalue weighted by molar-refractivity contribution is -0.158. The second-order valence-electron chi connectivity index (χ2n) is 11.5. The van der Waals surface area contributed by atoms with Crippen molar-refractivity contribution in [2.75, 3.05) is 36.4 Å². The summed E-state index contributed by atoms with van der Waals surface area (Å²) in [6.45, 7) is 9.95. The monoisotopic (exact) mass is 579 g/mol. The molecule has 1 aromatic carbocycles. The van der Waals surface area contributed by atoms with Crippen LogP contribution in [0.5, 0.6) is 0 Å². The molecule has 206 valence electrons. The molecular formula is C28H36Cl3N5O2. The first-order valence-corrected chi connectivity index (χ1v) is 14.7. The molecule has 0 unspecified atom stereocenters. The van der Waals surface area contributed by atoms with E-state index >= 15 is 0 Å². The number of aryl methyl sites for hydroxylation is 1. The maximum Gasteiger partial charge on any atom is 0.309 e. The number of anilines is 2. The summed E-state index contributed by atoms with van der Waals surface area (Å²) in [7, 11) is 0. The van der Waals surface area contributed by atoms with Crippen LogP contribution >= 0.6 is 34.8 Å². The van der Waals surface area contributed by atoms with Crippen molar-refractivity contribution in [1.82, 2.24) is 14.9 Å². The fraction of sp³-hybridized carbons (Fsp3) is 0.607. The highest BCUT2D eigenvalue weighted by atomic mass is 35.5. The van der Waals surface area contributed by atoms with Crippen LogP contribution in [0.3, 0.4) is 0 Å². The first-order chi connectivity index (χ1) is 18.1. The van der Waals surface area contributed by atoms with E-state index in [0.717, 1.165) is 50.3 Å². The highest BCUT2D eigenvalue weighted by Gasteiger charge is 2.49. The minimum Gasteiger partial charge on any atom is -0.481 e. The topological polar surface area (TPSA) is 81.6 Å². The van der Waals surface area contributed by atoms with Gasteiger partial charge in [0.2, 0.25) is 5.95 Å². The summed E-state index contributed by atoms with van der Waals surface area (Å²) in [5.74, 6) is 1.88. The zero-order valence-electron chi connectivity index (χ0n) is 22.2. The summed E-state index contributed by atoms with van der Waals surface area (Å²) in [5.41, 5.74) is 1.20. The van der Waals surface area contributed by atoms with E-state index in [0.29, 0.717) is 51.1 Å². The van der Waals surface area contributed by atoms with Crippen LogP contribution in [0.2, 0.25) is 15.1 Å². The SMILES string of the molecule is CCc1nc(N2CC([C@H]3CCCN([C@H]4C[C@](C)(C(=O)O)C4)C3)C2)nc(N[C@H](C)c2ccc(Cl)cc2Cl)c1Cl. The number of piperidine rings is 1. The Morgan fingerprint density at radius 1 is 1.18 bits per heavy atom. The van der Waals surface area contributed by atoms with Gasteiger partial charge in [-0.3, -0.25) is 4.79 Å². The van der Waals surface area contributed by atoms with Gasteiger partial charge in [-0.05, 0) is 82.0 Å². The second kappa shape index (κ2) is 11.0. The molecule has 3 heterocycles. The number of nitrogens with one attached hydrogen (secondary N) is 1. The van der Waals surface area contributed by atoms with Crippen molar-refractivity contribution in [3.63, 3.8) is 0 Å². The standard InChI is InChI=1S/C28H36Cl3N5O2/c1-4-23-24(31)25(32-16(2)21-8-7-19(29)10-22(21)30)34-27(33-23)36-14-18(15-36)17-6-5-9-35(13-17)20-11-28(3,12-20)26(37)38/h7-8,10,16-18,20H,4-6,9,11-15H2,1-3H3,(H,37,38)(H,32,33,34)/t16-,17+,20-,28-/m1/s1. The summed E-state index contributed by atoms with van der Waals surface area (Å²) in [6, 6.07) is 5.78. The van der Waals surface area contributed by atoms with E-state index in [1.807, 2.05) is 32.9 Å². The van der Waals surface area contributed by atoms with Crippen molar-refractivity contribution >= 4 is 52.5 Å². The van der Waals surface area contributed by atoms with Gasteiger partial charge < -0.3 is 20.2 Å². The van der Waals surface area contributed by atoms with Crippen molar-refractivity contribution in [3.05, 3.63) is 44.5 Å². The van der Waals surface area contributed by atoms with E-state index in [9.17, 15) is 9.90 Å². The maximum atomic E-state index is 11.5. The Morgan fingerprint density at radius 2 is 1.92 bits per heavy atom. The van der Waals surface area contributed by atoms with Crippen LogP contribution in [0.4, 0.5) is 11.8 Å². The summed E-state index contributed by atoms with van der Waals surface area (Å²) in [4.78, 5) is 25.9. The van der Waals surface area contributed by atoms with E-state index in [1.165, 1.54) is 12.8 Å². The Balaban J connectivity index is 1.23. The lowest BCUT2D eigenvalue weighted by Crippen LogP contribution is -2.58. The van der Waals surface area contributed by atoms with Gasteiger partial charge in [-0.25, -0.2) is 4.98 Å². The third kappa shape index (κ3) is 5.45. The van der Waals surface area contributed by atoms with Gasteiger partial charge >= 0.3 is 5.97 Å². The van der Waals surface area contributed by atoms with Gasteiger partial charge in [-0.2, -0.15) is 4.98 Å². The smallest absolute Gasteiger partial charge is 0.309 e. The van der Waals surface area contributed by atoms with E-state index in [-0.39, 0.29) is 6.04 Å². The lowest BCUT2D eigenvalue weighted by atomic mass is 9.65. The number of hydrogen-bond donors (Lipinski definition) is 2. The van der Waals surface area contributed by atoms with Crippen LogP contribution in [0.1, 0.15) is 63.8 Å². The number of aliphatic carboxylic acids is 1. The first kappa shape index (κ1) is 27.8. The van der Waals surface area contributed by atoms with Crippen molar-refractivity contribution in [2.45, 2.75) is 65.0 Å². The van der Waals surface area contributed by atoms with Gasteiger partial charge in [0.25, 0.3) is 0 Å². The van der Waals surface area contributed by atoms with Crippen LogP contribution in [0.15, 0.2) is 18.2 Å². The molecule has 38 heavy (non-hydrogen) atoms. The van der Waals surface area contributed by atoms with Gasteiger partial charge in [-0.15, -0.1) is 0 Å². The molecule has 0 bridgehead atoms. The fourth-order valence-corrected chi connectivity index (χ4v) is 7.08. The Morgan fingerprint density at radius 3 is 2.58 bits per heavy atom. The van der Waals surface area contributed by atoms with Crippen LogP contribution in [-0.4, -0.2) is 58.2 Å².